The molecular formula is C71H85FN8O9. The molecule has 7 aromatic rings. The van der Waals surface area contributed by atoms with Crippen molar-refractivity contribution in [3.63, 3.8) is 0 Å². The zero-order chi connectivity index (χ0) is 63.1. The van der Waals surface area contributed by atoms with Gasteiger partial charge in [-0.3, -0.25) is 14.5 Å². The summed E-state index contributed by atoms with van der Waals surface area (Å²) < 4.78 is 39.1. The Kier molecular flexibility index (Phi) is 24.8. The zero-order valence-corrected chi connectivity index (χ0v) is 51.9. The summed E-state index contributed by atoms with van der Waals surface area (Å²) >= 11 is 0. The molecule has 9 rings (SSSR count). The highest BCUT2D eigenvalue weighted by Crippen LogP contribution is 2.32. The van der Waals surface area contributed by atoms with E-state index in [-0.39, 0.29) is 60.2 Å². The number of nitrogens with zero attached hydrogens (tertiary/aromatic N) is 1. The van der Waals surface area contributed by atoms with E-state index < -0.39 is 11.8 Å². The quantitative estimate of drug-likeness (QED) is 0.0285. The Bertz CT molecular complexity index is 3420. The number of carbonyl (C=O) groups is 4. The second-order valence-corrected chi connectivity index (χ2v) is 22.4. The number of urea groups is 2. The Balaban J connectivity index is 0.000000231. The number of hydrogen-bond donors (Lipinski definition) is 8. The van der Waals surface area contributed by atoms with Crippen molar-refractivity contribution in [3.05, 3.63) is 191 Å². The van der Waals surface area contributed by atoms with E-state index in [1.54, 1.807) is 66.7 Å². The molecule has 0 atom stereocenters. The first-order valence-electron chi connectivity index (χ1n) is 31.1. The van der Waals surface area contributed by atoms with Crippen molar-refractivity contribution >= 4 is 46.6 Å². The number of benzene rings is 7. The molecule has 2 heterocycles. The topological polar surface area (TPSA) is 213 Å². The van der Waals surface area contributed by atoms with Crippen LogP contribution in [-0.4, -0.2) is 91.0 Å². The minimum Gasteiger partial charge on any atom is -0.490 e. The number of amides is 6. The Morgan fingerprint density at radius 1 is 0.551 bits per heavy atom. The van der Waals surface area contributed by atoms with Gasteiger partial charge < -0.3 is 61.3 Å². The van der Waals surface area contributed by atoms with Gasteiger partial charge in [-0.25, -0.2) is 14.0 Å². The fourth-order valence-corrected chi connectivity index (χ4v) is 10.4. The summed E-state index contributed by atoms with van der Waals surface area (Å²) in [7, 11) is 0. The molecule has 0 unspecified atom stereocenters. The van der Waals surface area contributed by atoms with Crippen molar-refractivity contribution in [2.45, 2.75) is 130 Å². The van der Waals surface area contributed by atoms with Crippen molar-refractivity contribution in [3.8, 4) is 34.5 Å². The summed E-state index contributed by atoms with van der Waals surface area (Å²) in [5, 5.41) is 29.9. The highest BCUT2D eigenvalue weighted by molar-refractivity contribution is 6.05. The Hall–Kier alpha value is -8.97. The first kappa shape index (κ1) is 66.0. The number of anilines is 4. The lowest BCUT2D eigenvalue weighted by molar-refractivity contribution is 0.0967. The molecule has 0 spiro atoms. The van der Waals surface area contributed by atoms with E-state index in [1.807, 2.05) is 76.2 Å². The summed E-state index contributed by atoms with van der Waals surface area (Å²) in [5.74, 6) is 2.46. The zero-order valence-electron chi connectivity index (χ0n) is 51.9. The number of aryl methyl sites for hydroxylation is 2. The van der Waals surface area contributed by atoms with Crippen LogP contribution in [0.2, 0.25) is 0 Å². The summed E-state index contributed by atoms with van der Waals surface area (Å²) in [4.78, 5) is 52.9. The monoisotopic (exact) mass is 1210 g/mol. The number of likely N-dealkylation sites (tertiary alicyclic amines) is 1. The normalized spacial score (nSPS) is 13.6. The van der Waals surface area contributed by atoms with Gasteiger partial charge in [0.25, 0.3) is 11.8 Å². The van der Waals surface area contributed by atoms with E-state index in [9.17, 15) is 28.7 Å². The maximum atomic E-state index is 14.7. The first-order chi connectivity index (χ1) is 43.2. The predicted octanol–water partition coefficient (Wildman–Crippen LogP) is 14.5. The third-order valence-electron chi connectivity index (χ3n) is 15.8. The van der Waals surface area contributed by atoms with Crippen molar-refractivity contribution in [1.29, 1.82) is 0 Å². The largest absolute Gasteiger partial charge is 0.490 e. The van der Waals surface area contributed by atoms with E-state index in [1.165, 1.54) is 17.7 Å². The average Bonchev–Trinajstić information content (AvgIpc) is 3.32. The maximum Gasteiger partial charge on any atom is 0.319 e. The Morgan fingerprint density at radius 2 is 1.07 bits per heavy atom. The molecule has 2 aliphatic heterocycles. The summed E-state index contributed by atoms with van der Waals surface area (Å²) in [6, 6.07) is 44.9. The average molecular weight is 1210 g/mol. The van der Waals surface area contributed by atoms with Gasteiger partial charge in [-0.05, 0) is 222 Å². The predicted molar refractivity (Wildman–Crippen MR) is 350 cm³/mol. The molecule has 7 aromatic carbocycles. The van der Waals surface area contributed by atoms with E-state index >= 15 is 0 Å². The van der Waals surface area contributed by atoms with E-state index in [4.69, 9.17) is 18.9 Å². The second-order valence-electron chi connectivity index (χ2n) is 22.4. The molecule has 0 aromatic heterocycles. The molecule has 470 valence electrons. The fraction of sp³-hybridized carbons (Fsp3) is 0.352. The molecule has 89 heavy (non-hydrogen) atoms. The standard InChI is InChI=1S/C38H44N4O4.C33H41FN4O5/c1-4-30(5-2)40-38(44)41-31-13-18-34(19-14-31)46-36-20-15-32(25-27(36)3)39-37(43)29-11-16-33(17-12-29)45-35-21-23-42(24-22-35)26-28-9-7-6-8-10-28;1-4-24(5-2)37-33(41)38-29-9-8-27(20-28(29)34)43-30-11-7-25(18-21(30)3)36-32(40)23-6-10-31(22(19-23)14-17-39)42-26-12-15-35-16-13-26/h6-20,25,30,35H,4-5,21-24,26H2,1-3H3,(H,39,43)(H2,40,41,44);6-11,18-20,24,26,35,39H,4-5,12-17H2,1-3H3,(H,36,40)(H2,37,38,41). The first-order valence-corrected chi connectivity index (χ1v) is 31.1. The highest BCUT2D eigenvalue weighted by atomic mass is 19.1. The van der Waals surface area contributed by atoms with Crippen molar-refractivity contribution in [2.75, 3.05) is 54.1 Å². The van der Waals surface area contributed by atoms with Crippen LogP contribution in [0.15, 0.2) is 152 Å². The van der Waals surface area contributed by atoms with Crippen molar-refractivity contribution < 1.29 is 47.6 Å². The Labute approximate surface area is 522 Å². The number of halogens is 1. The van der Waals surface area contributed by atoms with Crippen LogP contribution < -0.4 is 56.2 Å². The van der Waals surface area contributed by atoms with Crippen LogP contribution in [0.1, 0.15) is 122 Å². The van der Waals surface area contributed by atoms with Crippen LogP contribution in [-0.2, 0) is 13.0 Å². The van der Waals surface area contributed by atoms with Gasteiger partial charge in [0.2, 0.25) is 0 Å². The molecule has 2 aliphatic rings. The number of ether oxygens (including phenoxy) is 4. The van der Waals surface area contributed by atoms with Gasteiger partial charge in [0.15, 0.2) is 0 Å². The molecule has 6 amide bonds. The molecule has 0 aliphatic carbocycles. The van der Waals surface area contributed by atoms with Crippen LogP contribution in [0.5, 0.6) is 34.5 Å². The molecular weight excluding hydrogens is 1130 g/mol. The van der Waals surface area contributed by atoms with Gasteiger partial charge in [-0.15, -0.1) is 0 Å². The SMILES string of the molecule is CCC(CC)NC(=O)Nc1ccc(Oc2ccc(NC(=O)c3ccc(OC4CCN(Cc5ccccc5)CC4)cc3)cc2C)cc1.CCC(CC)NC(=O)Nc1ccc(Oc2ccc(NC(=O)c3ccc(OC4CCNCC4)c(CCO)c3)cc2C)cc1F. The van der Waals surface area contributed by atoms with Crippen LogP contribution in [0.4, 0.5) is 36.7 Å². The van der Waals surface area contributed by atoms with Crippen LogP contribution >= 0.6 is 0 Å². The maximum absolute atomic E-state index is 14.7. The number of aliphatic hydroxyl groups is 1. The van der Waals surface area contributed by atoms with Gasteiger partial charge in [0, 0.05) is 72.6 Å². The summed E-state index contributed by atoms with van der Waals surface area (Å²) in [6.07, 6.45) is 7.80. The summed E-state index contributed by atoms with van der Waals surface area (Å²) in [6.45, 7) is 16.6. The van der Waals surface area contributed by atoms with E-state index in [0.29, 0.717) is 57.6 Å². The van der Waals surface area contributed by atoms with Gasteiger partial charge in [0.1, 0.15) is 52.5 Å². The second kappa shape index (κ2) is 33.4. The minimum atomic E-state index is -0.619. The number of aliphatic hydroxyl groups excluding tert-OH is 1. The lowest BCUT2D eigenvalue weighted by Crippen LogP contribution is -2.37. The van der Waals surface area contributed by atoms with Gasteiger partial charge in [-0.1, -0.05) is 58.0 Å². The van der Waals surface area contributed by atoms with Crippen molar-refractivity contribution in [2.24, 2.45) is 0 Å². The third kappa shape index (κ3) is 20.3. The molecule has 8 N–H and O–H groups in total. The molecule has 0 bridgehead atoms. The lowest BCUT2D eigenvalue weighted by Gasteiger charge is -2.32. The minimum absolute atomic E-state index is 0.0226. The van der Waals surface area contributed by atoms with Gasteiger partial charge in [-0.2, -0.15) is 0 Å². The van der Waals surface area contributed by atoms with Gasteiger partial charge in [0.05, 0.1) is 5.69 Å². The van der Waals surface area contributed by atoms with Crippen LogP contribution in [0, 0.1) is 19.7 Å². The molecule has 2 saturated heterocycles. The Morgan fingerprint density at radius 3 is 1.64 bits per heavy atom. The number of rotatable bonds is 24. The van der Waals surface area contributed by atoms with Gasteiger partial charge >= 0.3 is 12.1 Å². The van der Waals surface area contributed by atoms with Crippen LogP contribution in [0.3, 0.4) is 0 Å². The van der Waals surface area contributed by atoms with Crippen LogP contribution in [0.25, 0.3) is 0 Å². The molecule has 0 saturated carbocycles. The summed E-state index contributed by atoms with van der Waals surface area (Å²) in [5.41, 5.74) is 6.74. The lowest BCUT2D eigenvalue weighted by atomic mass is 10.0. The molecule has 0 radical (unpaired) electrons. The van der Waals surface area contributed by atoms with E-state index in [0.717, 1.165) is 107 Å². The fourth-order valence-electron chi connectivity index (χ4n) is 10.4. The number of hydrogen-bond acceptors (Lipinski definition) is 11. The number of piperidine rings is 2. The molecule has 18 heteroatoms. The molecule has 17 nitrogen and oxygen atoms in total. The van der Waals surface area contributed by atoms with E-state index in [2.05, 4.69) is 80.2 Å². The molecule has 2 fully saturated rings. The number of nitrogens with one attached hydrogen (secondary N) is 7. The third-order valence-corrected chi connectivity index (χ3v) is 15.8. The van der Waals surface area contributed by atoms with Crippen molar-refractivity contribution in [1.82, 2.24) is 20.9 Å². The number of carbonyl (C=O) groups excluding carboxylic acids is 4. The smallest absolute Gasteiger partial charge is 0.319 e. The highest BCUT2D eigenvalue weighted by Gasteiger charge is 2.22.